The fourth-order valence-electron chi connectivity index (χ4n) is 0.865. The zero-order chi connectivity index (χ0) is 6.53. The van der Waals surface area contributed by atoms with E-state index in [0.717, 1.165) is 13.0 Å². The van der Waals surface area contributed by atoms with E-state index in [1.807, 2.05) is 13.1 Å². The quantitative estimate of drug-likeness (QED) is 0.513. The van der Waals surface area contributed by atoms with Crippen LogP contribution in [0, 0.1) is 17.8 Å². The van der Waals surface area contributed by atoms with E-state index in [0.29, 0.717) is 5.92 Å². The molecule has 1 heteroatoms. The minimum atomic E-state index is 0.650. The first-order valence-electron chi connectivity index (χ1n) is 3.23. The van der Waals surface area contributed by atoms with Crippen LogP contribution in [0.5, 0.6) is 0 Å². The average molecular weight is 121 g/mol. The molecule has 1 nitrogen and oxygen atoms in total. The second kappa shape index (κ2) is 3.19. The van der Waals surface area contributed by atoms with Crippen molar-refractivity contribution >= 4 is 0 Å². The summed E-state index contributed by atoms with van der Waals surface area (Å²) in [5, 5.41) is 3.13. The molecule has 1 atom stereocenters. The summed E-state index contributed by atoms with van der Waals surface area (Å²) in [4.78, 5) is 0. The molecule has 0 fully saturated rings. The Balaban J connectivity index is 2.25. The Morgan fingerprint density at radius 2 is 2.67 bits per heavy atom. The molecular weight excluding hydrogens is 110 g/mol. The van der Waals surface area contributed by atoms with Crippen molar-refractivity contribution in [1.82, 2.24) is 5.32 Å². The van der Waals surface area contributed by atoms with Crippen molar-refractivity contribution in [2.24, 2.45) is 5.92 Å². The minimum Gasteiger partial charge on any atom is -0.391 e. The van der Waals surface area contributed by atoms with Gasteiger partial charge in [-0.15, -0.1) is 11.8 Å². The Kier molecular flexibility index (Phi) is 2.21. The summed E-state index contributed by atoms with van der Waals surface area (Å²) < 4.78 is 0. The van der Waals surface area contributed by atoms with Crippen molar-refractivity contribution in [2.75, 3.05) is 6.54 Å². The van der Waals surface area contributed by atoms with Crippen LogP contribution in [0.4, 0.5) is 0 Å². The zero-order valence-electron chi connectivity index (χ0n) is 5.65. The van der Waals surface area contributed by atoms with Gasteiger partial charge in [-0.1, -0.05) is 6.08 Å². The van der Waals surface area contributed by atoms with Gasteiger partial charge in [-0.05, 0) is 13.1 Å². The van der Waals surface area contributed by atoms with E-state index in [-0.39, 0.29) is 0 Å². The van der Waals surface area contributed by atoms with Gasteiger partial charge in [-0.25, -0.2) is 0 Å². The van der Waals surface area contributed by atoms with Crippen LogP contribution in [0.25, 0.3) is 0 Å². The van der Waals surface area contributed by atoms with Crippen LogP contribution in [0.3, 0.4) is 0 Å². The number of nitrogens with one attached hydrogen (secondary N) is 1. The Bertz CT molecular complexity index is 159. The molecule has 0 spiro atoms. The second-order valence-corrected chi connectivity index (χ2v) is 2.16. The van der Waals surface area contributed by atoms with Crippen LogP contribution >= 0.6 is 0 Å². The van der Waals surface area contributed by atoms with Crippen LogP contribution in [-0.2, 0) is 0 Å². The molecule has 0 aromatic heterocycles. The molecule has 0 amide bonds. The van der Waals surface area contributed by atoms with Crippen LogP contribution < -0.4 is 5.32 Å². The van der Waals surface area contributed by atoms with Crippen molar-refractivity contribution < 1.29 is 0 Å². The summed E-state index contributed by atoms with van der Waals surface area (Å²) in [6.45, 7) is 2.95. The zero-order valence-corrected chi connectivity index (χ0v) is 5.65. The Morgan fingerprint density at radius 1 is 1.78 bits per heavy atom. The second-order valence-electron chi connectivity index (χ2n) is 2.16. The standard InChI is InChI=1S/C8H11N/c1-2-3-4-8-5-6-9-7-8/h5-6,8-9H,4,7H2,1H3. The van der Waals surface area contributed by atoms with Crippen LogP contribution in [0.1, 0.15) is 13.3 Å². The highest BCUT2D eigenvalue weighted by Crippen LogP contribution is 2.06. The lowest BCUT2D eigenvalue weighted by Crippen LogP contribution is -2.07. The van der Waals surface area contributed by atoms with E-state index < -0.39 is 0 Å². The summed E-state index contributed by atoms with van der Waals surface area (Å²) in [6.07, 6.45) is 5.17. The summed E-state index contributed by atoms with van der Waals surface area (Å²) in [7, 11) is 0. The van der Waals surface area contributed by atoms with Gasteiger partial charge in [0.05, 0.1) is 0 Å². The summed E-state index contributed by atoms with van der Waals surface area (Å²) >= 11 is 0. The first-order valence-corrected chi connectivity index (χ1v) is 3.23. The maximum absolute atomic E-state index is 3.13. The SMILES string of the molecule is CC#CCC1C=CNC1. The van der Waals surface area contributed by atoms with E-state index >= 15 is 0 Å². The van der Waals surface area contributed by atoms with E-state index in [1.54, 1.807) is 0 Å². The molecule has 0 aromatic rings. The first kappa shape index (κ1) is 6.22. The van der Waals surface area contributed by atoms with Crippen molar-refractivity contribution in [3.8, 4) is 11.8 Å². The van der Waals surface area contributed by atoms with E-state index in [4.69, 9.17) is 0 Å². The molecule has 1 heterocycles. The molecule has 0 bridgehead atoms. The lowest BCUT2D eigenvalue weighted by Gasteiger charge is -1.98. The van der Waals surface area contributed by atoms with Gasteiger partial charge in [-0.2, -0.15) is 0 Å². The van der Waals surface area contributed by atoms with Crippen LogP contribution in [0.2, 0.25) is 0 Å². The van der Waals surface area contributed by atoms with Gasteiger partial charge in [0, 0.05) is 18.9 Å². The van der Waals surface area contributed by atoms with E-state index in [1.165, 1.54) is 0 Å². The monoisotopic (exact) mass is 121 g/mol. The molecule has 48 valence electrons. The van der Waals surface area contributed by atoms with Crippen LogP contribution in [0.15, 0.2) is 12.3 Å². The first-order chi connectivity index (χ1) is 4.43. The predicted octanol–water partition coefficient (Wildman–Crippen LogP) is 1.13. The van der Waals surface area contributed by atoms with E-state index in [2.05, 4.69) is 23.2 Å². The fraction of sp³-hybridized carbons (Fsp3) is 0.500. The fourth-order valence-corrected chi connectivity index (χ4v) is 0.865. The van der Waals surface area contributed by atoms with Crippen molar-refractivity contribution in [2.45, 2.75) is 13.3 Å². The van der Waals surface area contributed by atoms with Crippen LogP contribution in [-0.4, -0.2) is 6.54 Å². The molecule has 9 heavy (non-hydrogen) atoms. The van der Waals surface area contributed by atoms with Crippen molar-refractivity contribution in [1.29, 1.82) is 0 Å². The van der Waals surface area contributed by atoms with Gasteiger partial charge in [-0.3, -0.25) is 0 Å². The summed E-state index contributed by atoms with van der Waals surface area (Å²) in [6, 6.07) is 0. The normalized spacial score (nSPS) is 22.6. The molecule has 1 aliphatic rings. The molecule has 0 aromatic carbocycles. The highest BCUT2D eigenvalue weighted by atomic mass is 14.9. The lowest BCUT2D eigenvalue weighted by molar-refractivity contribution is 0.677. The van der Waals surface area contributed by atoms with Gasteiger partial charge >= 0.3 is 0 Å². The number of hydrogen-bond acceptors (Lipinski definition) is 1. The molecule has 1 N–H and O–H groups in total. The molecule has 1 unspecified atom stereocenters. The summed E-state index contributed by atoms with van der Waals surface area (Å²) in [5.41, 5.74) is 0. The maximum Gasteiger partial charge on any atom is 0.0214 e. The van der Waals surface area contributed by atoms with Gasteiger partial charge in [0.2, 0.25) is 0 Å². The van der Waals surface area contributed by atoms with Gasteiger partial charge < -0.3 is 5.32 Å². The largest absolute Gasteiger partial charge is 0.391 e. The highest BCUT2D eigenvalue weighted by molar-refractivity contribution is 5.04. The van der Waals surface area contributed by atoms with Crippen molar-refractivity contribution in [3.63, 3.8) is 0 Å². The smallest absolute Gasteiger partial charge is 0.0214 e. The molecule has 0 aliphatic carbocycles. The molecule has 0 saturated carbocycles. The average Bonchev–Trinajstić information content (AvgIpc) is 2.34. The Hall–Kier alpha value is -0.900. The van der Waals surface area contributed by atoms with Gasteiger partial charge in [0.1, 0.15) is 0 Å². The highest BCUT2D eigenvalue weighted by Gasteiger charge is 2.04. The van der Waals surface area contributed by atoms with Crippen molar-refractivity contribution in [3.05, 3.63) is 12.3 Å². The third-order valence-corrected chi connectivity index (χ3v) is 1.41. The topological polar surface area (TPSA) is 12.0 Å². The molecule has 0 saturated heterocycles. The van der Waals surface area contributed by atoms with E-state index in [9.17, 15) is 0 Å². The number of rotatable bonds is 1. The van der Waals surface area contributed by atoms with Gasteiger partial charge in [0.15, 0.2) is 0 Å². The van der Waals surface area contributed by atoms with Gasteiger partial charge in [0.25, 0.3) is 0 Å². The Labute approximate surface area is 56.1 Å². The third-order valence-electron chi connectivity index (χ3n) is 1.41. The third kappa shape index (κ3) is 1.81. The predicted molar refractivity (Wildman–Crippen MR) is 38.7 cm³/mol. The lowest BCUT2D eigenvalue weighted by atomic mass is 10.1. The molecular formula is C8H11N. The molecule has 0 radical (unpaired) electrons. The molecule has 1 aliphatic heterocycles. The minimum absolute atomic E-state index is 0.650. The Morgan fingerprint density at radius 3 is 3.22 bits per heavy atom. The summed E-state index contributed by atoms with van der Waals surface area (Å²) in [5.74, 6) is 6.58. The molecule has 1 rings (SSSR count). The number of hydrogen-bond donors (Lipinski definition) is 1. The maximum atomic E-state index is 3.13.